The number of halogens is 1. The zero-order valence-electron chi connectivity index (χ0n) is 10.9. The molecule has 2 aromatic rings. The molecule has 1 N–H and O–H groups in total. The first-order valence-electron chi connectivity index (χ1n) is 6.00. The first-order chi connectivity index (χ1) is 9.60. The van der Waals surface area contributed by atoms with E-state index < -0.39 is 11.7 Å². The molecule has 0 bridgehead atoms. The fraction of sp³-hybridized carbons (Fsp3) is 0.133. The highest BCUT2D eigenvalue weighted by Crippen LogP contribution is 2.15. The van der Waals surface area contributed by atoms with Crippen molar-refractivity contribution in [3.63, 3.8) is 0 Å². The molecule has 0 aliphatic rings. The van der Waals surface area contributed by atoms with Crippen LogP contribution < -0.4 is 10.1 Å². The van der Waals surface area contributed by atoms with E-state index in [9.17, 15) is 9.18 Å². The summed E-state index contributed by atoms with van der Waals surface area (Å²) in [6, 6.07) is 11.4. The van der Waals surface area contributed by atoms with Crippen LogP contribution in [0.25, 0.3) is 0 Å². The third-order valence-corrected chi connectivity index (χ3v) is 3.06. The Morgan fingerprint density at radius 3 is 2.85 bits per heavy atom. The molecule has 0 atom stereocenters. The number of benzene rings is 2. The Bertz CT molecular complexity index is 631. The van der Waals surface area contributed by atoms with Crippen LogP contribution in [0, 0.1) is 5.82 Å². The molecule has 2 rings (SSSR count). The van der Waals surface area contributed by atoms with Gasteiger partial charge in [0.05, 0.1) is 12.7 Å². The fourth-order valence-electron chi connectivity index (χ4n) is 1.75. The van der Waals surface area contributed by atoms with Crippen molar-refractivity contribution in [3.8, 4) is 5.75 Å². The standard InChI is InChI=1S/C15H14FNO2S/c1-19-11-4-2-3-10(7-11)9-17-15(18)13-8-12(20)5-6-14(13)16/h2-8,20H,9H2,1H3,(H,17,18). The van der Waals surface area contributed by atoms with E-state index in [1.165, 1.54) is 18.2 Å². The summed E-state index contributed by atoms with van der Waals surface area (Å²) in [5, 5.41) is 2.67. The smallest absolute Gasteiger partial charge is 0.254 e. The summed E-state index contributed by atoms with van der Waals surface area (Å²) in [4.78, 5) is 12.5. The van der Waals surface area contributed by atoms with E-state index in [-0.39, 0.29) is 5.56 Å². The Hall–Kier alpha value is -2.01. The fourth-order valence-corrected chi connectivity index (χ4v) is 1.95. The first kappa shape index (κ1) is 14.4. The number of carbonyl (C=O) groups excluding carboxylic acids is 1. The molecule has 0 spiro atoms. The van der Waals surface area contributed by atoms with Gasteiger partial charge in [0.2, 0.25) is 0 Å². The monoisotopic (exact) mass is 291 g/mol. The van der Waals surface area contributed by atoms with Gasteiger partial charge in [0.25, 0.3) is 5.91 Å². The molecule has 104 valence electrons. The quantitative estimate of drug-likeness (QED) is 0.850. The highest BCUT2D eigenvalue weighted by molar-refractivity contribution is 7.80. The average Bonchev–Trinajstić information content (AvgIpc) is 2.47. The van der Waals surface area contributed by atoms with Crippen molar-refractivity contribution < 1.29 is 13.9 Å². The van der Waals surface area contributed by atoms with Crippen LogP contribution in [0.3, 0.4) is 0 Å². The lowest BCUT2D eigenvalue weighted by molar-refractivity contribution is 0.0946. The number of carbonyl (C=O) groups is 1. The Morgan fingerprint density at radius 1 is 1.30 bits per heavy atom. The minimum absolute atomic E-state index is 0.0135. The van der Waals surface area contributed by atoms with E-state index in [0.717, 1.165) is 5.56 Å². The predicted molar refractivity (Wildman–Crippen MR) is 77.8 cm³/mol. The van der Waals surface area contributed by atoms with Crippen molar-refractivity contribution in [2.75, 3.05) is 7.11 Å². The Labute approximate surface area is 122 Å². The summed E-state index contributed by atoms with van der Waals surface area (Å²) >= 11 is 4.10. The van der Waals surface area contributed by atoms with Crippen LogP contribution in [0.15, 0.2) is 47.4 Å². The van der Waals surface area contributed by atoms with Crippen LogP contribution in [0.4, 0.5) is 4.39 Å². The average molecular weight is 291 g/mol. The zero-order valence-corrected chi connectivity index (χ0v) is 11.8. The van der Waals surface area contributed by atoms with Gasteiger partial charge in [-0.2, -0.15) is 0 Å². The third kappa shape index (κ3) is 3.51. The van der Waals surface area contributed by atoms with E-state index in [1.54, 1.807) is 7.11 Å². The molecule has 0 fully saturated rings. The third-order valence-electron chi connectivity index (χ3n) is 2.78. The SMILES string of the molecule is COc1cccc(CNC(=O)c2cc(S)ccc2F)c1. The molecule has 5 heteroatoms. The Kier molecular flexibility index (Phi) is 4.63. The van der Waals surface area contributed by atoms with Crippen LogP contribution in [0.1, 0.15) is 15.9 Å². The lowest BCUT2D eigenvalue weighted by Crippen LogP contribution is -2.23. The Morgan fingerprint density at radius 2 is 2.10 bits per heavy atom. The van der Waals surface area contributed by atoms with Crippen LogP contribution >= 0.6 is 12.6 Å². The van der Waals surface area contributed by atoms with Crippen LogP contribution in [-0.2, 0) is 6.54 Å². The Balaban J connectivity index is 2.06. The largest absolute Gasteiger partial charge is 0.497 e. The van der Waals surface area contributed by atoms with Crippen LogP contribution in [0.2, 0.25) is 0 Å². The number of ether oxygens (including phenoxy) is 1. The molecule has 0 aromatic heterocycles. The second-order valence-corrected chi connectivity index (χ2v) is 4.71. The number of nitrogens with one attached hydrogen (secondary N) is 1. The number of amides is 1. The molecule has 0 radical (unpaired) electrons. The minimum atomic E-state index is -0.564. The zero-order chi connectivity index (χ0) is 14.5. The second kappa shape index (κ2) is 6.43. The summed E-state index contributed by atoms with van der Waals surface area (Å²) in [6.07, 6.45) is 0. The maximum Gasteiger partial charge on any atom is 0.254 e. The summed E-state index contributed by atoms with van der Waals surface area (Å²) in [6.45, 7) is 0.298. The summed E-state index contributed by atoms with van der Waals surface area (Å²) in [5.41, 5.74) is 0.862. The highest BCUT2D eigenvalue weighted by Gasteiger charge is 2.11. The van der Waals surface area contributed by atoms with Gasteiger partial charge in [-0.05, 0) is 35.9 Å². The minimum Gasteiger partial charge on any atom is -0.497 e. The molecule has 0 aliphatic carbocycles. The first-order valence-corrected chi connectivity index (χ1v) is 6.44. The number of methoxy groups -OCH3 is 1. The number of hydrogen-bond donors (Lipinski definition) is 2. The van der Waals surface area contributed by atoms with Crippen LogP contribution in [-0.4, -0.2) is 13.0 Å². The van der Waals surface area contributed by atoms with Crippen molar-refractivity contribution in [2.24, 2.45) is 0 Å². The van der Waals surface area contributed by atoms with Gasteiger partial charge in [-0.15, -0.1) is 12.6 Å². The molecule has 20 heavy (non-hydrogen) atoms. The second-order valence-electron chi connectivity index (χ2n) is 4.20. The van der Waals surface area contributed by atoms with Gasteiger partial charge in [-0.1, -0.05) is 12.1 Å². The van der Waals surface area contributed by atoms with E-state index >= 15 is 0 Å². The number of rotatable bonds is 4. The molecule has 0 heterocycles. The van der Waals surface area contributed by atoms with E-state index in [1.807, 2.05) is 24.3 Å². The van der Waals surface area contributed by atoms with Gasteiger partial charge in [0.1, 0.15) is 11.6 Å². The molecule has 2 aromatic carbocycles. The van der Waals surface area contributed by atoms with Gasteiger partial charge in [0.15, 0.2) is 0 Å². The van der Waals surface area contributed by atoms with E-state index in [4.69, 9.17) is 4.74 Å². The number of hydrogen-bond acceptors (Lipinski definition) is 3. The summed E-state index contributed by atoms with van der Waals surface area (Å²) in [5.74, 6) is -0.326. The molecule has 0 unspecified atom stereocenters. The maximum absolute atomic E-state index is 13.5. The van der Waals surface area contributed by atoms with Gasteiger partial charge >= 0.3 is 0 Å². The van der Waals surface area contributed by atoms with Gasteiger partial charge in [-0.25, -0.2) is 4.39 Å². The number of thiol groups is 1. The van der Waals surface area contributed by atoms with Crippen molar-refractivity contribution in [2.45, 2.75) is 11.4 Å². The van der Waals surface area contributed by atoms with E-state index in [2.05, 4.69) is 17.9 Å². The summed E-state index contributed by atoms with van der Waals surface area (Å²) in [7, 11) is 1.57. The summed E-state index contributed by atoms with van der Waals surface area (Å²) < 4.78 is 18.6. The van der Waals surface area contributed by atoms with Crippen LogP contribution in [0.5, 0.6) is 5.75 Å². The van der Waals surface area contributed by atoms with Crippen molar-refractivity contribution in [3.05, 3.63) is 59.4 Å². The van der Waals surface area contributed by atoms with E-state index in [0.29, 0.717) is 17.2 Å². The predicted octanol–water partition coefficient (Wildman–Crippen LogP) is 3.05. The lowest BCUT2D eigenvalue weighted by atomic mass is 10.1. The van der Waals surface area contributed by atoms with Gasteiger partial charge in [0, 0.05) is 11.4 Å². The molecule has 0 saturated heterocycles. The normalized spacial score (nSPS) is 10.2. The maximum atomic E-state index is 13.5. The van der Waals surface area contributed by atoms with Crippen molar-refractivity contribution in [1.29, 1.82) is 0 Å². The molecule has 0 aliphatic heterocycles. The highest BCUT2D eigenvalue weighted by atomic mass is 32.1. The molecule has 1 amide bonds. The van der Waals surface area contributed by atoms with Gasteiger partial charge < -0.3 is 10.1 Å². The molecule has 3 nitrogen and oxygen atoms in total. The molecule has 0 saturated carbocycles. The van der Waals surface area contributed by atoms with Crippen molar-refractivity contribution >= 4 is 18.5 Å². The van der Waals surface area contributed by atoms with Gasteiger partial charge in [-0.3, -0.25) is 4.79 Å². The molecular weight excluding hydrogens is 277 g/mol. The van der Waals surface area contributed by atoms with Crippen molar-refractivity contribution in [1.82, 2.24) is 5.32 Å². The lowest BCUT2D eigenvalue weighted by Gasteiger charge is -2.08. The topological polar surface area (TPSA) is 38.3 Å². The molecular formula is C15H14FNO2S.